The number of allylic oxidation sites excluding steroid dienone is 2. The van der Waals surface area contributed by atoms with Gasteiger partial charge in [0.05, 0.1) is 0 Å². The lowest BCUT2D eigenvalue weighted by molar-refractivity contribution is 0.259. The molecule has 0 aliphatic heterocycles. The van der Waals surface area contributed by atoms with Gasteiger partial charge in [-0.25, -0.2) is 0 Å². The van der Waals surface area contributed by atoms with Crippen molar-refractivity contribution in [1.29, 1.82) is 0 Å². The summed E-state index contributed by atoms with van der Waals surface area (Å²) in [7, 11) is 0. The number of aliphatic hydroxyl groups is 1. The summed E-state index contributed by atoms with van der Waals surface area (Å²) in [6.45, 7) is 6.76. The number of aliphatic hydroxyl groups excluding tert-OH is 1. The van der Waals surface area contributed by atoms with Crippen LogP contribution in [-0.2, 0) is 0 Å². The molecule has 1 heteroatoms. The van der Waals surface area contributed by atoms with Crippen molar-refractivity contribution in [2.75, 3.05) is 6.61 Å². The molecule has 0 aliphatic rings. The zero-order chi connectivity index (χ0) is 8.69. The molecule has 1 nitrogen and oxygen atoms in total. The zero-order valence-electron chi connectivity index (χ0n) is 8.43. The first-order chi connectivity index (χ1) is 5.16. The molecule has 0 aromatic heterocycles. The van der Waals surface area contributed by atoms with Crippen LogP contribution in [0.1, 0.15) is 40.0 Å². The van der Waals surface area contributed by atoms with E-state index in [9.17, 15) is 0 Å². The number of hydrogen-bond acceptors (Lipinski definition) is 1. The van der Waals surface area contributed by atoms with E-state index < -0.39 is 0 Å². The maximum atomic E-state index is 8.63. The van der Waals surface area contributed by atoms with Gasteiger partial charge in [-0.05, 0) is 39.0 Å². The van der Waals surface area contributed by atoms with E-state index in [-0.39, 0.29) is 7.43 Å². The molecule has 0 spiro atoms. The summed E-state index contributed by atoms with van der Waals surface area (Å²) < 4.78 is 0. The van der Waals surface area contributed by atoms with Crippen molar-refractivity contribution in [3.63, 3.8) is 0 Å². The Bertz CT molecular complexity index is 112. The SMILES string of the molecule is CC(C)=CCCC(C)CCO.[C]. The van der Waals surface area contributed by atoms with Gasteiger partial charge in [0, 0.05) is 14.0 Å². The molecule has 1 unspecified atom stereocenters. The fourth-order valence-corrected chi connectivity index (χ4v) is 1.02. The molecule has 0 aromatic rings. The minimum Gasteiger partial charge on any atom is -0.396 e. The largest absolute Gasteiger partial charge is 0.396 e. The summed E-state index contributed by atoms with van der Waals surface area (Å²) in [6.07, 6.45) is 5.56. The van der Waals surface area contributed by atoms with Crippen molar-refractivity contribution in [2.24, 2.45) is 5.92 Å². The minimum atomic E-state index is 0. The Balaban J connectivity index is 0. The van der Waals surface area contributed by atoms with E-state index in [4.69, 9.17) is 5.11 Å². The van der Waals surface area contributed by atoms with Gasteiger partial charge in [-0.1, -0.05) is 18.6 Å². The lowest BCUT2D eigenvalue weighted by atomic mass is 10.0. The number of hydrogen-bond donors (Lipinski definition) is 1. The minimum absolute atomic E-state index is 0. The smallest absolute Gasteiger partial charge is 0.0433 e. The predicted molar refractivity (Wildman–Crippen MR) is 52.8 cm³/mol. The highest BCUT2D eigenvalue weighted by molar-refractivity contribution is 4.92. The van der Waals surface area contributed by atoms with Gasteiger partial charge in [0.25, 0.3) is 0 Å². The van der Waals surface area contributed by atoms with E-state index in [2.05, 4.69) is 26.8 Å². The van der Waals surface area contributed by atoms with Crippen molar-refractivity contribution in [2.45, 2.75) is 40.0 Å². The molecule has 12 heavy (non-hydrogen) atoms. The van der Waals surface area contributed by atoms with Gasteiger partial charge in [0.1, 0.15) is 0 Å². The molecule has 0 saturated carbocycles. The molecule has 0 aliphatic carbocycles. The van der Waals surface area contributed by atoms with Crippen LogP contribution in [0.15, 0.2) is 11.6 Å². The molecule has 0 fully saturated rings. The van der Waals surface area contributed by atoms with Crippen molar-refractivity contribution >= 4 is 0 Å². The summed E-state index contributed by atoms with van der Waals surface area (Å²) in [4.78, 5) is 0. The van der Waals surface area contributed by atoms with Crippen molar-refractivity contribution < 1.29 is 5.11 Å². The van der Waals surface area contributed by atoms with Crippen LogP contribution >= 0.6 is 0 Å². The first kappa shape index (κ1) is 14.2. The molecular formula is C11H20O. The van der Waals surface area contributed by atoms with Gasteiger partial charge in [-0.3, -0.25) is 0 Å². The Kier molecular flexibility index (Phi) is 10.4. The van der Waals surface area contributed by atoms with Crippen LogP contribution < -0.4 is 0 Å². The first-order valence-electron chi connectivity index (χ1n) is 4.41. The average Bonchev–Trinajstić information content (AvgIpc) is 1.87. The molecular weight excluding hydrogens is 148 g/mol. The van der Waals surface area contributed by atoms with Crippen LogP contribution in [0.3, 0.4) is 0 Å². The zero-order valence-corrected chi connectivity index (χ0v) is 8.43. The molecule has 0 rings (SSSR count). The van der Waals surface area contributed by atoms with Crippen molar-refractivity contribution in [3.8, 4) is 0 Å². The van der Waals surface area contributed by atoms with Crippen molar-refractivity contribution in [1.82, 2.24) is 0 Å². The topological polar surface area (TPSA) is 20.2 Å². The monoisotopic (exact) mass is 168 g/mol. The standard InChI is InChI=1S/C10H20O.C/c1-9(2)5-4-6-10(3)7-8-11;/h5,10-11H,4,6-8H2,1-3H3;. The Labute approximate surface area is 77.5 Å². The molecule has 1 N–H and O–H groups in total. The van der Waals surface area contributed by atoms with Crippen molar-refractivity contribution in [3.05, 3.63) is 19.1 Å². The fourth-order valence-electron chi connectivity index (χ4n) is 1.02. The summed E-state index contributed by atoms with van der Waals surface area (Å²) in [5, 5.41) is 8.63. The fraction of sp³-hybridized carbons (Fsp3) is 0.727. The second kappa shape index (κ2) is 8.79. The van der Waals surface area contributed by atoms with E-state index in [1.807, 2.05) is 0 Å². The van der Waals surface area contributed by atoms with Crippen LogP contribution in [0.4, 0.5) is 0 Å². The van der Waals surface area contributed by atoms with Gasteiger partial charge in [0.15, 0.2) is 0 Å². The van der Waals surface area contributed by atoms with E-state index in [0.29, 0.717) is 12.5 Å². The third-order valence-corrected chi connectivity index (χ3v) is 1.83. The molecule has 4 radical (unpaired) electrons. The normalized spacial score (nSPS) is 11.7. The average molecular weight is 168 g/mol. The van der Waals surface area contributed by atoms with Crippen LogP contribution in [0.25, 0.3) is 0 Å². The van der Waals surface area contributed by atoms with E-state index >= 15 is 0 Å². The highest BCUT2D eigenvalue weighted by Crippen LogP contribution is 2.10. The van der Waals surface area contributed by atoms with Crippen LogP contribution in [0.2, 0.25) is 0 Å². The predicted octanol–water partition coefficient (Wildman–Crippen LogP) is 2.83. The Morgan fingerprint density at radius 3 is 2.33 bits per heavy atom. The lowest BCUT2D eigenvalue weighted by Crippen LogP contribution is -1.96. The van der Waals surface area contributed by atoms with Gasteiger partial charge in [0.2, 0.25) is 0 Å². The van der Waals surface area contributed by atoms with E-state index in [0.717, 1.165) is 12.8 Å². The summed E-state index contributed by atoms with van der Waals surface area (Å²) in [5.74, 6) is 0.663. The first-order valence-corrected chi connectivity index (χ1v) is 4.41. The Hall–Kier alpha value is -0.300. The van der Waals surface area contributed by atoms with Crippen LogP contribution in [0, 0.1) is 13.3 Å². The van der Waals surface area contributed by atoms with E-state index in [1.54, 1.807) is 0 Å². The third-order valence-electron chi connectivity index (χ3n) is 1.83. The highest BCUT2D eigenvalue weighted by atomic mass is 16.2. The maximum Gasteiger partial charge on any atom is 0.0433 e. The molecule has 0 amide bonds. The van der Waals surface area contributed by atoms with Gasteiger partial charge >= 0.3 is 0 Å². The summed E-state index contributed by atoms with van der Waals surface area (Å²) in [6, 6.07) is 0. The summed E-state index contributed by atoms with van der Waals surface area (Å²) in [5.41, 5.74) is 1.39. The molecule has 1 atom stereocenters. The van der Waals surface area contributed by atoms with Gasteiger partial charge in [-0.2, -0.15) is 0 Å². The number of rotatable bonds is 5. The van der Waals surface area contributed by atoms with E-state index in [1.165, 1.54) is 12.0 Å². The Morgan fingerprint density at radius 2 is 1.92 bits per heavy atom. The molecule has 0 heterocycles. The summed E-state index contributed by atoms with van der Waals surface area (Å²) >= 11 is 0. The lowest BCUT2D eigenvalue weighted by Gasteiger charge is -2.06. The molecule has 70 valence electrons. The molecule has 0 aromatic carbocycles. The second-order valence-corrected chi connectivity index (χ2v) is 3.48. The Morgan fingerprint density at radius 1 is 1.33 bits per heavy atom. The quantitative estimate of drug-likeness (QED) is 0.626. The second-order valence-electron chi connectivity index (χ2n) is 3.48. The molecule has 0 saturated heterocycles. The highest BCUT2D eigenvalue weighted by Gasteiger charge is 1.98. The maximum absolute atomic E-state index is 8.63. The van der Waals surface area contributed by atoms with Gasteiger partial charge < -0.3 is 5.11 Å². The van der Waals surface area contributed by atoms with Gasteiger partial charge in [-0.15, -0.1) is 0 Å². The molecule has 0 bridgehead atoms. The van der Waals surface area contributed by atoms with Crippen LogP contribution in [0.5, 0.6) is 0 Å². The van der Waals surface area contributed by atoms with Crippen LogP contribution in [-0.4, -0.2) is 11.7 Å². The third kappa shape index (κ3) is 9.70.